The molecule has 3 heterocycles. The van der Waals surface area contributed by atoms with Crippen molar-refractivity contribution in [3.05, 3.63) is 60.2 Å². The van der Waals surface area contributed by atoms with E-state index in [-0.39, 0.29) is 11.8 Å². The lowest BCUT2D eigenvalue weighted by molar-refractivity contribution is -0.274. The first-order valence-corrected chi connectivity index (χ1v) is 8.53. The van der Waals surface area contributed by atoms with Gasteiger partial charge < -0.3 is 10.1 Å². The molecular formula is C19H16F3N5O. The number of aryl methyl sites for hydroxylation is 1. The van der Waals surface area contributed by atoms with Crippen molar-refractivity contribution in [3.63, 3.8) is 0 Å². The summed E-state index contributed by atoms with van der Waals surface area (Å²) in [5, 5.41) is 12.2. The average molecular weight is 387 g/mol. The minimum atomic E-state index is -4.76. The van der Waals surface area contributed by atoms with Crippen molar-refractivity contribution in [2.24, 2.45) is 0 Å². The Morgan fingerprint density at radius 1 is 1.11 bits per heavy atom. The first-order chi connectivity index (χ1) is 13.3. The van der Waals surface area contributed by atoms with Crippen molar-refractivity contribution < 1.29 is 17.9 Å². The Labute approximate surface area is 158 Å². The Hall–Kier alpha value is -3.36. The highest BCUT2D eigenvalue weighted by atomic mass is 19.4. The molecule has 0 spiro atoms. The lowest BCUT2D eigenvalue weighted by Crippen LogP contribution is -2.17. The molecule has 0 aliphatic heterocycles. The molecule has 0 amide bonds. The number of pyridine rings is 2. The molecule has 4 rings (SSSR count). The van der Waals surface area contributed by atoms with Crippen LogP contribution in [0.3, 0.4) is 0 Å². The van der Waals surface area contributed by atoms with Crippen molar-refractivity contribution in [1.29, 1.82) is 0 Å². The Balaban J connectivity index is 1.73. The van der Waals surface area contributed by atoms with E-state index in [0.29, 0.717) is 28.1 Å². The monoisotopic (exact) mass is 387 g/mol. The van der Waals surface area contributed by atoms with Gasteiger partial charge in [-0.3, -0.25) is 9.38 Å². The summed E-state index contributed by atoms with van der Waals surface area (Å²) in [4.78, 5) is 4.38. The van der Waals surface area contributed by atoms with Gasteiger partial charge in [-0.1, -0.05) is 6.07 Å². The fraction of sp³-hybridized carbons (Fsp3) is 0.211. The van der Waals surface area contributed by atoms with Crippen molar-refractivity contribution >= 4 is 22.2 Å². The summed E-state index contributed by atoms with van der Waals surface area (Å²) in [6, 6.07) is 11.2. The average Bonchev–Trinajstić information content (AvgIpc) is 3.05. The van der Waals surface area contributed by atoms with Gasteiger partial charge in [0, 0.05) is 23.0 Å². The summed E-state index contributed by atoms with van der Waals surface area (Å²) in [5.74, 6) is 0.384. The maximum Gasteiger partial charge on any atom is 0.573 e. The molecule has 1 N–H and O–H groups in total. The molecule has 0 fully saturated rings. The van der Waals surface area contributed by atoms with Crippen LogP contribution in [0, 0.1) is 6.92 Å². The van der Waals surface area contributed by atoms with Gasteiger partial charge in [-0.15, -0.1) is 23.4 Å². The van der Waals surface area contributed by atoms with Crippen LogP contribution in [0.2, 0.25) is 0 Å². The molecule has 28 heavy (non-hydrogen) atoms. The third-order valence-electron chi connectivity index (χ3n) is 4.24. The lowest BCUT2D eigenvalue weighted by Gasteiger charge is -2.17. The van der Waals surface area contributed by atoms with E-state index in [1.54, 1.807) is 6.07 Å². The molecule has 1 unspecified atom stereocenters. The smallest absolute Gasteiger partial charge is 0.406 e. The molecule has 144 valence electrons. The van der Waals surface area contributed by atoms with Gasteiger partial charge in [-0.25, -0.2) is 0 Å². The summed E-state index contributed by atoms with van der Waals surface area (Å²) < 4.78 is 43.6. The summed E-state index contributed by atoms with van der Waals surface area (Å²) >= 11 is 0. The van der Waals surface area contributed by atoms with Gasteiger partial charge in [-0.2, -0.15) is 0 Å². The van der Waals surface area contributed by atoms with Crippen LogP contribution in [0.15, 0.2) is 48.7 Å². The Kier molecular flexibility index (Phi) is 4.29. The van der Waals surface area contributed by atoms with Gasteiger partial charge in [0.25, 0.3) is 0 Å². The van der Waals surface area contributed by atoms with E-state index in [4.69, 9.17) is 0 Å². The summed E-state index contributed by atoms with van der Waals surface area (Å²) in [6.45, 7) is 3.73. The van der Waals surface area contributed by atoms with Gasteiger partial charge in [0.05, 0.1) is 11.6 Å². The topological polar surface area (TPSA) is 64.3 Å². The van der Waals surface area contributed by atoms with Gasteiger partial charge >= 0.3 is 6.36 Å². The summed E-state index contributed by atoms with van der Waals surface area (Å²) in [7, 11) is 0. The number of benzene rings is 1. The van der Waals surface area contributed by atoms with Crippen molar-refractivity contribution in [2.75, 3.05) is 5.32 Å². The van der Waals surface area contributed by atoms with Crippen molar-refractivity contribution in [2.45, 2.75) is 26.3 Å². The van der Waals surface area contributed by atoms with E-state index in [9.17, 15) is 13.2 Å². The number of hydrogen-bond acceptors (Lipinski definition) is 5. The van der Waals surface area contributed by atoms with Crippen molar-refractivity contribution in [3.8, 4) is 5.75 Å². The van der Waals surface area contributed by atoms with Crippen LogP contribution in [0.1, 0.15) is 24.5 Å². The number of rotatable bonds is 4. The number of nitrogens with one attached hydrogen (secondary N) is 1. The molecule has 0 aliphatic rings. The van der Waals surface area contributed by atoms with E-state index in [1.807, 2.05) is 42.6 Å². The largest absolute Gasteiger partial charge is 0.573 e. The van der Waals surface area contributed by atoms with Crippen molar-refractivity contribution in [1.82, 2.24) is 19.6 Å². The molecular weight excluding hydrogens is 371 g/mol. The zero-order valence-electron chi connectivity index (χ0n) is 15.0. The maximum atomic E-state index is 12.6. The molecule has 3 aromatic heterocycles. The second-order valence-electron chi connectivity index (χ2n) is 6.39. The summed E-state index contributed by atoms with van der Waals surface area (Å²) in [6.07, 6.45) is -2.90. The number of fused-ring (bicyclic) bond motifs is 2. The third-order valence-corrected chi connectivity index (χ3v) is 4.24. The molecule has 6 nitrogen and oxygen atoms in total. The summed E-state index contributed by atoms with van der Waals surface area (Å²) in [5.41, 5.74) is 2.64. The van der Waals surface area contributed by atoms with Crippen LogP contribution in [0.4, 0.5) is 18.9 Å². The van der Waals surface area contributed by atoms with Gasteiger partial charge in [0.15, 0.2) is 11.5 Å². The fourth-order valence-electron chi connectivity index (χ4n) is 3.11. The normalized spacial score (nSPS) is 13.0. The Morgan fingerprint density at radius 3 is 2.71 bits per heavy atom. The minimum absolute atomic E-state index is 0.255. The predicted octanol–water partition coefficient (Wildman–Crippen LogP) is 4.66. The molecule has 0 radical (unpaired) electrons. The highest BCUT2D eigenvalue weighted by Crippen LogP contribution is 2.32. The number of nitrogens with zero attached hydrogens (tertiary/aromatic N) is 4. The Morgan fingerprint density at radius 2 is 1.93 bits per heavy atom. The standard InChI is InChI=1S/C19H16F3N5O/c1-11-9-16(14-10-13(28-19(20,21)22)6-7-15(14)23-11)24-12(2)18-26-25-17-5-3-4-8-27(17)18/h3-10,12H,1-2H3,(H,23,24). The zero-order chi connectivity index (χ0) is 19.9. The zero-order valence-corrected chi connectivity index (χ0v) is 15.0. The number of aromatic nitrogens is 4. The number of alkyl halides is 3. The van der Waals surface area contributed by atoms with Gasteiger partial charge in [0.1, 0.15) is 5.75 Å². The maximum absolute atomic E-state index is 12.6. The van der Waals surface area contributed by atoms with E-state index < -0.39 is 6.36 Å². The van der Waals surface area contributed by atoms with Gasteiger partial charge in [0.2, 0.25) is 0 Å². The molecule has 1 atom stereocenters. The molecule has 0 saturated heterocycles. The number of hydrogen-bond donors (Lipinski definition) is 1. The number of ether oxygens (including phenoxy) is 1. The van der Waals surface area contributed by atoms with Crippen LogP contribution >= 0.6 is 0 Å². The van der Waals surface area contributed by atoms with Gasteiger partial charge in [-0.05, 0) is 50.2 Å². The third kappa shape index (κ3) is 3.55. The van der Waals surface area contributed by atoms with Crippen LogP contribution in [-0.4, -0.2) is 25.9 Å². The van der Waals surface area contributed by atoms with E-state index in [2.05, 4.69) is 25.2 Å². The quantitative estimate of drug-likeness (QED) is 0.552. The van der Waals surface area contributed by atoms with Crippen LogP contribution in [0.25, 0.3) is 16.6 Å². The minimum Gasteiger partial charge on any atom is -0.406 e. The fourth-order valence-corrected chi connectivity index (χ4v) is 3.11. The first-order valence-electron chi connectivity index (χ1n) is 8.53. The molecule has 9 heteroatoms. The number of halogens is 3. The molecule has 4 aromatic rings. The molecule has 0 bridgehead atoms. The van der Waals surface area contributed by atoms with Crippen LogP contribution in [-0.2, 0) is 0 Å². The highest BCUT2D eigenvalue weighted by molar-refractivity contribution is 5.92. The van der Waals surface area contributed by atoms with E-state index in [0.717, 1.165) is 5.69 Å². The highest BCUT2D eigenvalue weighted by Gasteiger charge is 2.31. The SMILES string of the molecule is Cc1cc(NC(C)c2nnc3ccccn23)c2cc(OC(F)(F)F)ccc2n1. The number of anilines is 1. The first kappa shape index (κ1) is 18.0. The molecule has 0 aliphatic carbocycles. The molecule has 1 aromatic carbocycles. The predicted molar refractivity (Wildman–Crippen MR) is 98.2 cm³/mol. The van der Waals surface area contributed by atoms with Crippen LogP contribution < -0.4 is 10.1 Å². The van der Waals surface area contributed by atoms with E-state index in [1.165, 1.54) is 18.2 Å². The Bertz CT molecular complexity index is 1160. The lowest BCUT2D eigenvalue weighted by atomic mass is 10.1. The second-order valence-corrected chi connectivity index (χ2v) is 6.39. The van der Waals surface area contributed by atoms with E-state index >= 15 is 0 Å². The van der Waals surface area contributed by atoms with Crippen LogP contribution in [0.5, 0.6) is 5.75 Å². The second kappa shape index (κ2) is 6.66. The molecule has 0 saturated carbocycles.